The van der Waals surface area contributed by atoms with Crippen molar-refractivity contribution in [2.75, 3.05) is 30.7 Å². The van der Waals surface area contributed by atoms with Crippen LogP contribution < -0.4 is 11.1 Å². The summed E-state index contributed by atoms with van der Waals surface area (Å²) in [5.74, 6) is 0.156. The van der Waals surface area contributed by atoms with E-state index < -0.39 is 0 Å². The molecule has 2 heterocycles. The number of nitrogens with zero attached hydrogens (tertiary/aromatic N) is 2. The molecule has 0 saturated carbocycles. The van der Waals surface area contributed by atoms with Crippen LogP contribution in [0.1, 0.15) is 19.3 Å². The van der Waals surface area contributed by atoms with Crippen molar-refractivity contribution >= 4 is 28.2 Å². The van der Waals surface area contributed by atoms with Crippen molar-refractivity contribution in [3.05, 3.63) is 30.5 Å². The van der Waals surface area contributed by atoms with Gasteiger partial charge in [-0.05, 0) is 43.5 Å². The van der Waals surface area contributed by atoms with Crippen LogP contribution in [0.4, 0.5) is 11.4 Å². The van der Waals surface area contributed by atoms with Crippen molar-refractivity contribution in [1.29, 1.82) is 0 Å². The van der Waals surface area contributed by atoms with Gasteiger partial charge in [0.1, 0.15) is 0 Å². The van der Waals surface area contributed by atoms with Gasteiger partial charge < -0.3 is 16.0 Å². The highest BCUT2D eigenvalue weighted by atomic mass is 16.2. The number of fused-ring (bicyclic) bond motifs is 1. The number of carbonyl (C=O) groups excluding carboxylic acids is 1. The van der Waals surface area contributed by atoms with Crippen LogP contribution in [0.2, 0.25) is 0 Å². The fourth-order valence-electron chi connectivity index (χ4n) is 2.77. The monoisotopic (exact) mass is 284 g/mol. The minimum atomic E-state index is 0.156. The van der Waals surface area contributed by atoms with Gasteiger partial charge >= 0.3 is 0 Å². The lowest BCUT2D eigenvalue weighted by Crippen LogP contribution is -2.39. The maximum Gasteiger partial charge on any atom is 0.241 e. The maximum atomic E-state index is 12.2. The molecule has 1 amide bonds. The van der Waals surface area contributed by atoms with Crippen LogP contribution in [-0.2, 0) is 4.79 Å². The molecule has 0 atom stereocenters. The molecule has 1 fully saturated rings. The SMILES string of the molecule is Nc1ccc(NCC(=O)N2CCCCC2)c2cccnc12. The number of pyridine rings is 1. The quantitative estimate of drug-likeness (QED) is 0.848. The average Bonchev–Trinajstić information content (AvgIpc) is 2.55. The molecule has 1 aromatic heterocycles. The summed E-state index contributed by atoms with van der Waals surface area (Å²) < 4.78 is 0. The maximum absolute atomic E-state index is 12.2. The number of likely N-dealkylation sites (tertiary alicyclic amines) is 1. The number of piperidine rings is 1. The standard InChI is InChI=1S/C16H20N4O/c17-13-6-7-14(12-5-4-8-18-16(12)13)19-11-15(21)20-9-2-1-3-10-20/h4-8,19H,1-3,9-11,17H2. The molecule has 5 heteroatoms. The van der Waals surface area contributed by atoms with Gasteiger partial charge in [0.15, 0.2) is 0 Å². The van der Waals surface area contributed by atoms with Crippen LogP contribution in [0.3, 0.4) is 0 Å². The van der Waals surface area contributed by atoms with E-state index in [0.29, 0.717) is 12.2 Å². The van der Waals surface area contributed by atoms with Crippen molar-refractivity contribution < 1.29 is 4.79 Å². The van der Waals surface area contributed by atoms with Gasteiger partial charge in [-0.2, -0.15) is 0 Å². The number of hydrogen-bond acceptors (Lipinski definition) is 4. The van der Waals surface area contributed by atoms with Gasteiger partial charge in [-0.1, -0.05) is 0 Å². The Morgan fingerprint density at radius 2 is 2.05 bits per heavy atom. The molecule has 1 aliphatic rings. The summed E-state index contributed by atoms with van der Waals surface area (Å²) >= 11 is 0. The zero-order valence-corrected chi connectivity index (χ0v) is 12.0. The Morgan fingerprint density at radius 3 is 2.86 bits per heavy atom. The van der Waals surface area contributed by atoms with Crippen LogP contribution in [0.5, 0.6) is 0 Å². The van der Waals surface area contributed by atoms with Gasteiger partial charge in [0.2, 0.25) is 5.91 Å². The van der Waals surface area contributed by atoms with Gasteiger partial charge in [-0.25, -0.2) is 0 Å². The molecule has 0 bridgehead atoms. The summed E-state index contributed by atoms with van der Waals surface area (Å²) in [4.78, 5) is 18.4. The highest BCUT2D eigenvalue weighted by molar-refractivity contribution is 5.99. The van der Waals surface area contributed by atoms with Crippen LogP contribution in [0.25, 0.3) is 10.9 Å². The molecule has 0 aliphatic carbocycles. The summed E-state index contributed by atoms with van der Waals surface area (Å²) in [5, 5.41) is 4.17. The van der Waals surface area contributed by atoms with Crippen molar-refractivity contribution in [3.63, 3.8) is 0 Å². The van der Waals surface area contributed by atoms with Crippen molar-refractivity contribution in [1.82, 2.24) is 9.88 Å². The minimum absolute atomic E-state index is 0.156. The third kappa shape index (κ3) is 2.91. The number of hydrogen-bond donors (Lipinski definition) is 2. The Labute approximate surface area is 124 Å². The largest absolute Gasteiger partial charge is 0.397 e. The van der Waals surface area contributed by atoms with Crippen LogP contribution in [-0.4, -0.2) is 35.4 Å². The zero-order valence-electron chi connectivity index (χ0n) is 12.0. The lowest BCUT2D eigenvalue weighted by Gasteiger charge is -2.27. The minimum Gasteiger partial charge on any atom is -0.397 e. The predicted octanol–water partition coefficient (Wildman–Crippen LogP) is 2.24. The third-order valence-corrected chi connectivity index (χ3v) is 3.94. The van der Waals surface area contributed by atoms with E-state index in [-0.39, 0.29) is 5.91 Å². The number of benzene rings is 1. The van der Waals surface area contributed by atoms with Gasteiger partial charge in [0, 0.05) is 30.4 Å². The van der Waals surface area contributed by atoms with E-state index >= 15 is 0 Å². The molecular weight excluding hydrogens is 264 g/mol. The number of aromatic nitrogens is 1. The number of nitrogen functional groups attached to an aromatic ring is 1. The molecular formula is C16H20N4O. The van der Waals surface area contributed by atoms with E-state index in [9.17, 15) is 4.79 Å². The van der Waals surface area contributed by atoms with Crippen LogP contribution >= 0.6 is 0 Å². The fourth-order valence-corrected chi connectivity index (χ4v) is 2.77. The first-order valence-corrected chi connectivity index (χ1v) is 7.40. The summed E-state index contributed by atoms with van der Waals surface area (Å²) in [6.07, 6.45) is 5.17. The summed E-state index contributed by atoms with van der Waals surface area (Å²) in [6.45, 7) is 2.07. The fraction of sp³-hybridized carbons (Fsp3) is 0.375. The van der Waals surface area contributed by atoms with Crippen molar-refractivity contribution in [2.45, 2.75) is 19.3 Å². The van der Waals surface area contributed by atoms with E-state index in [4.69, 9.17) is 5.73 Å². The van der Waals surface area contributed by atoms with Gasteiger partial charge in [-0.3, -0.25) is 9.78 Å². The Balaban J connectivity index is 1.73. The van der Waals surface area contributed by atoms with Crippen molar-refractivity contribution in [3.8, 4) is 0 Å². The number of anilines is 2. The second-order valence-corrected chi connectivity index (χ2v) is 5.40. The van der Waals surface area contributed by atoms with E-state index in [1.165, 1.54) is 6.42 Å². The number of nitrogens with one attached hydrogen (secondary N) is 1. The smallest absolute Gasteiger partial charge is 0.241 e. The molecule has 1 saturated heterocycles. The summed E-state index contributed by atoms with van der Waals surface area (Å²) in [6, 6.07) is 7.57. The molecule has 110 valence electrons. The number of carbonyl (C=O) groups is 1. The molecule has 0 radical (unpaired) electrons. The second-order valence-electron chi connectivity index (χ2n) is 5.40. The Bertz CT molecular complexity index is 650. The normalized spacial score (nSPS) is 15.1. The van der Waals surface area contributed by atoms with Crippen LogP contribution in [0, 0.1) is 0 Å². The topological polar surface area (TPSA) is 71.2 Å². The first kappa shape index (κ1) is 13.7. The molecule has 21 heavy (non-hydrogen) atoms. The summed E-state index contributed by atoms with van der Waals surface area (Å²) in [7, 11) is 0. The molecule has 3 rings (SSSR count). The Kier molecular flexibility index (Phi) is 3.90. The number of rotatable bonds is 3. The first-order valence-electron chi connectivity index (χ1n) is 7.40. The van der Waals surface area contributed by atoms with Gasteiger partial charge in [-0.15, -0.1) is 0 Å². The van der Waals surface area contributed by atoms with E-state index in [0.717, 1.165) is 42.5 Å². The average molecular weight is 284 g/mol. The van der Waals surface area contributed by atoms with Crippen molar-refractivity contribution in [2.24, 2.45) is 0 Å². The molecule has 5 nitrogen and oxygen atoms in total. The molecule has 0 unspecified atom stereocenters. The molecule has 2 aromatic rings. The van der Waals surface area contributed by atoms with E-state index in [1.807, 2.05) is 29.2 Å². The lowest BCUT2D eigenvalue weighted by molar-refractivity contribution is -0.130. The van der Waals surface area contributed by atoms with Gasteiger partial charge in [0.25, 0.3) is 0 Å². The third-order valence-electron chi connectivity index (χ3n) is 3.94. The number of nitrogens with two attached hydrogens (primary N) is 1. The summed E-state index contributed by atoms with van der Waals surface area (Å²) in [5.41, 5.74) is 8.26. The Morgan fingerprint density at radius 1 is 1.24 bits per heavy atom. The molecule has 1 aliphatic heterocycles. The van der Waals surface area contributed by atoms with Gasteiger partial charge in [0.05, 0.1) is 17.7 Å². The first-order chi connectivity index (χ1) is 10.3. The Hall–Kier alpha value is -2.30. The molecule has 0 spiro atoms. The number of amides is 1. The highest BCUT2D eigenvalue weighted by Crippen LogP contribution is 2.26. The zero-order chi connectivity index (χ0) is 14.7. The van der Waals surface area contributed by atoms with E-state index in [2.05, 4.69) is 10.3 Å². The molecule has 1 aromatic carbocycles. The highest BCUT2D eigenvalue weighted by Gasteiger charge is 2.16. The predicted molar refractivity (Wildman–Crippen MR) is 85.1 cm³/mol. The van der Waals surface area contributed by atoms with Crippen LogP contribution in [0.15, 0.2) is 30.5 Å². The molecule has 3 N–H and O–H groups in total. The van der Waals surface area contributed by atoms with E-state index in [1.54, 1.807) is 6.20 Å². The lowest BCUT2D eigenvalue weighted by atomic mass is 10.1. The second kappa shape index (κ2) is 5.99.